The number of rotatable bonds is 2. The van der Waals surface area contributed by atoms with Crippen molar-refractivity contribution in [2.75, 3.05) is 0 Å². The second kappa shape index (κ2) is 11.7. The molecule has 0 N–H and O–H groups in total. The first-order valence-electron chi connectivity index (χ1n) is 8.92. The molecular formula is C24H20F6O. The number of hydrogen-bond acceptors (Lipinski definition) is 1. The molecule has 1 nitrogen and oxygen atoms in total. The lowest BCUT2D eigenvalue weighted by Crippen LogP contribution is -1.94. The van der Waals surface area contributed by atoms with Gasteiger partial charge in [0, 0.05) is 5.56 Å². The largest absolute Gasteiger partial charge is 0.298 e. The van der Waals surface area contributed by atoms with E-state index in [4.69, 9.17) is 0 Å². The Balaban J connectivity index is 0.000000234. The third kappa shape index (κ3) is 6.84. The summed E-state index contributed by atoms with van der Waals surface area (Å²) in [7, 11) is 0. The van der Waals surface area contributed by atoms with E-state index in [1.165, 1.54) is 63.2 Å². The highest BCUT2D eigenvalue weighted by atomic mass is 19.2. The molecule has 0 aliphatic rings. The molecule has 164 valence electrons. The molecule has 0 aliphatic heterocycles. The summed E-state index contributed by atoms with van der Waals surface area (Å²) in [5, 5.41) is 0. The van der Waals surface area contributed by atoms with Crippen LogP contribution in [0.15, 0.2) is 49.0 Å². The molecule has 7 heteroatoms. The summed E-state index contributed by atoms with van der Waals surface area (Å²) in [4.78, 5) is 10.1. The van der Waals surface area contributed by atoms with Crippen LogP contribution in [0.25, 0.3) is 6.08 Å². The van der Waals surface area contributed by atoms with Gasteiger partial charge in [-0.25, -0.2) is 26.3 Å². The first-order valence-corrected chi connectivity index (χ1v) is 8.92. The SMILES string of the molecule is C=Cc1ccc(C)c(F)c1F.Cc1ccc(C=O)c(F)c1F.Cc1cccc(F)c1F. The minimum Gasteiger partial charge on any atom is -0.298 e. The number of aldehydes is 1. The van der Waals surface area contributed by atoms with Crippen LogP contribution in [-0.2, 0) is 0 Å². The van der Waals surface area contributed by atoms with Gasteiger partial charge in [-0.15, -0.1) is 0 Å². The Morgan fingerprint density at radius 2 is 1.06 bits per heavy atom. The summed E-state index contributed by atoms with van der Waals surface area (Å²) in [6.07, 6.45) is 1.58. The Kier molecular flexibility index (Phi) is 9.73. The van der Waals surface area contributed by atoms with Gasteiger partial charge in [0.25, 0.3) is 0 Å². The van der Waals surface area contributed by atoms with Crippen LogP contribution < -0.4 is 0 Å². The van der Waals surface area contributed by atoms with Crippen LogP contribution in [0.1, 0.15) is 32.6 Å². The van der Waals surface area contributed by atoms with Crippen LogP contribution in [0, 0.1) is 55.7 Å². The molecule has 0 radical (unpaired) electrons. The normalized spacial score (nSPS) is 9.71. The summed E-state index contributed by atoms with van der Waals surface area (Å²) in [6, 6.07) is 9.74. The highest BCUT2D eigenvalue weighted by Crippen LogP contribution is 2.16. The van der Waals surface area contributed by atoms with Gasteiger partial charge in [0.15, 0.2) is 41.2 Å². The van der Waals surface area contributed by atoms with Crippen molar-refractivity contribution in [3.8, 4) is 0 Å². The molecular weight excluding hydrogens is 418 g/mol. The van der Waals surface area contributed by atoms with Crippen LogP contribution in [0.4, 0.5) is 26.3 Å². The fourth-order valence-electron chi connectivity index (χ4n) is 2.18. The Hall–Kier alpha value is -3.35. The molecule has 0 saturated carbocycles. The fourth-order valence-corrected chi connectivity index (χ4v) is 2.18. The van der Waals surface area contributed by atoms with Gasteiger partial charge in [-0.3, -0.25) is 4.79 Å². The minimum absolute atomic E-state index is 0.202. The summed E-state index contributed by atoms with van der Waals surface area (Å²) in [5.74, 6) is -5.16. The van der Waals surface area contributed by atoms with Crippen molar-refractivity contribution in [2.45, 2.75) is 20.8 Å². The number of aryl methyl sites for hydroxylation is 3. The molecule has 0 heterocycles. The third-order valence-electron chi connectivity index (χ3n) is 4.10. The van der Waals surface area contributed by atoms with Crippen molar-refractivity contribution in [2.24, 2.45) is 0 Å². The fraction of sp³-hybridized carbons (Fsp3) is 0.125. The lowest BCUT2D eigenvalue weighted by molar-refractivity contribution is 0.111. The molecule has 0 amide bonds. The van der Waals surface area contributed by atoms with E-state index in [1.54, 1.807) is 0 Å². The molecule has 3 rings (SSSR count). The van der Waals surface area contributed by atoms with Crippen LogP contribution in [0.3, 0.4) is 0 Å². The van der Waals surface area contributed by atoms with Gasteiger partial charge in [0.1, 0.15) is 0 Å². The second-order valence-electron chi connectivity index (χ2n) is 6.39. The Labute approximate surface area is 176 Å². The Bertz CT molecular complexity index is 994. The highest BCUT2D eigenvalue weighted by Gasteiger charge is 2.09. The van der Waals surface area contributed by atoms with Crippen molar-refractivity contribution >= 4 is 12.4 Å². The van der Waals surface area contributed by atoms with Crippen LogP contribution in [0.2, 0.25) is 0 Å². The topological polar surface area (TPSA) is 17.1 Å². The van der Waals surface area contributed by atoms with E-state index in [2.05, 4.69) is 6.58 Å². The van der Waals surface area contributed by atoms with E-state index in [0.717, 1.165) is 6.07 Å². The van der Waals surface area contributed by atoms with Gasteiger partial charge in [-0.2, -0.15) is 0 Å². The minimum atomic E-state index is -1.07. The highest BCUT2D eigenvalue weighted by molar-refractivity contribution is 5.75. The number of carbonyl (C=O) groups is 1. The summed E-state index contributed by atoms with van der Waals surface area (Å²) in [5.41, 5.74) is 0.817. The molecule has 0 bridgehead atoms. The quantitative estimate of drug-likeness (QED) is 0.304. The first-order chi connectivity index (χ1) is 14.5. The molecule has 31 heavy (non-hydrogen) atoms. The number of carbonyl (C=O) groups excluding carboxylic acids is 1. The van der Waals surface area contributed by atoms with Crippen LogP contribution >= 0.6 is 0 Å². The van der Waals surface area contributed by atoms with E-state index >= 15 is 0 Å². The maximum atomic E-state index is 12.8. The van der Waals surface area contributed by atoms with Crippen molar-refractivity contribution < 1.29 is 31.1 Å². The first kappa shape index (κ1) is 25.7. The maximum absolute atomic E-state index is 12.8. The second-order valence-corrected chi connectivity index (χ2v) is 6.39. The van der Waals surface area contributed by atoms with Gasteiger partial charge >= 0.3 is 0 Å². The number of halogens is 6. The average molecular weight is 438 g/mol. The van der Waals surface area contributed by atoms with Crippen LogP contribution in [-0.4, -0.2) is 6.29 Å². The number of hydrogen-bond donors (Lipinski definition) is 0. The molecule has 0 spiro atoms. The molecule has 3 aromatic rings. The zero-order valence-corrected chi connectivity index (χ0v) is 17.1. The smallest absolute Gasteiger partial charge is 0.169 e. The van der Waals surface area contributed by atoms with Crippen molar-refractivity contribution in [3.05, 3.63) is 112 Å². The molecule has 0 unspecified atom stereocenters. The monoisotopic (exact) mass is 438 g/mol. The van der Waals surface area contributed by atoms with E-state index in [-0.39, 0.29) is 23.0 Å². The zero-order valence-electron chi connectivity index (χ0n) is 17.1. The van der Waals surface area contributed by atoms with Gasteiger partial charge in [0.05, 0.1) is 5.56 Å². The molecule has 0 aromatic heterocycles. The predicted molar refractivity (Wildman–Crippen MR) is 109 cm³/mol. The van der Waals surface area contributed by atoms with E-state index < -0.39 is 34.9 Å². The summed E-state index contributed by atoms with van der Waals surface area (Å²) >= 11 is 0. The molecule has 0 fully saturated rings. The lowest BCUT2D eigenvalue weighted by Gasteiger charge is -1.99. The van der Waals surface area contributed by atoms with Gasteiger partial charge < -0.3 is 0 Å². The van der Waals surface area contributed by atoms with E-state index in [1.807, 2.05) is 0 Å². The maximum Gasteiger partial charge on any atom is 0.169 e. The van der Waals surface area contributed by atoms with E-state index in [9.17, 15) is 31.1 Å². The third-order valence-corrected chi connectivity index (χ3v) is 4.10. The molecule has 0 saturated heterocycles. The van der Waals surface area contributed by atoms with Crippen molar-refractivity contribution in [3.63, 3.8) is 0 Å². The summed E-state index contributed by atoms with van der Waals surface area (Å²) in [6.45, 7) is 7.84. The predicted octanol–water partition coefficient (Wildman–Crippen LogP) is 7.28. The van der Waals surface area contributed by atoms with Gasteiger partial charge in [-0.05, 0) is 49.6 Å². The lowest BCUT2D eigenvalue weighted by atomic mass is 10.1. The average Bonchev–Trinajstić information content (AvgIpc) is 2.75. The van der Waals surface area contributed by atoms with Crippen molar-refractivity contribution in [1.82, 2.24) is 0 Å². The summed E-state index contributed by atoms with van der Waals surface area (Å²) < 4.78 is 75.4. The van der Waals surface area contributed by atoms with Gasteiger partial charge in [0.2, 0.25) is 0 Å². The van der Waals surface area contributed by atoms with Gasteiger partial charge in [-0.1, -0.05) is 43.0 Å². The molecule has 3 aromatic carbocycles. The van der Waals surface area contributed by atoms with Crippen LogP contribution in [0.5, 0.6) is 0 Å². The standard InChI is InChI=1S/C9H8F2.C8H6F2O.C7H6F2/c1-3-7-5-4-6(2)8(10)9(7)11;1-5-2-3-6(4-11)8(10)7(5)9;1-5-3-2-4-6(8)7(5)9/h3-5H,1H2,2H3;2-4H,1H3;2-4H,1H3. The molecule has 0 atom stereocenters. The van der Waals surface area contributed by atoms with Crippen molar-refractivity contribution in [1.29, 1.82) is 0 Å². The molecule has 0 aliphatic carbocycles. The Morgan fingerprint density at radius 1 is 0.613 bits per heavy atom. The Morgan fingerprint density at radius 3 is 1.48 bits per heavy atom. The zero-order chi connectivity index (χ0) is 23.7. The van der Waals surface area contributed by atoms with E-state index in [0.29, 0.717) is 11.1 Å². The number of benzene rings is 3.